The molecule has 1 aliphatic heterocycles. The molecular formula is C37H42N8O7S. The third-order valence-corrected chi connectivity index (χ3v) is 9.38. The number of phenolic OH excluding ortho intramolecular Hbond substituents is 1. The van der Waals surface area contributed by atoms with Crippen molar-refractivity contribution in [3.63, 3.8) is 0 Å². The lowest BCUT2D eigenvalue weighted by Gasteiger charge is -2.26. The zero-order valence-electron chi connectivity index (χ0n) is 28.9. The molecular weight excluding hydrogens is 701 g/mol. The molecule has 1 fully saturated rings. The zero-order chi connectivity index (χ0) is 37.9. The minimum atomic E-state index is -1.41. The van der Waals surface area contributed by atoms with Crippen LogP contribution >= 0.6 is 11.8 Å². The summed E-state index contributed by atoms with van der Waals surface area (Å²) >= 11 is 1.44. The van der Waals surface area contributed by atoms with Gasteiger partial charge in [-0.2, -0.15) is 11.8 Å². The summed E-state index contributed by atoms with van der Waals surface area (Å²) in [6.45, 7) is -0.890. The van der Waals surface area contributed by atoms with Gasteiger partial charge in [-0.25, -0.2) is 0 Å². The van der Waals surface area contributed by atoms with Crippen LogP contribution < -0.4 is 37.6 Å². The Morgan fingerprint density at radius 1 is 0.792 bits per heavy atom. The zero-order valence-corrected chi connectivity index (χ0v) is 29.8. The molecule has 0 bridgehead atoms. The summed E-state index contributed by atoms with van der Waals surface area (Å²) in [5.74, 6) is -3.70. The van der Waals surface area contributed by atoms with Crippen LogP contribution in [0.3, 0.4) is 0 Å². The average Bonchev–Trinajstić information content (AvgIpc) is 3.56. The Morgan fingerprint density at radius 3 is 2.17 bits per heavy atom. The van der Waals surface area contributed by atoms with Gasteiger partial charge in [0.15, 0.2) is 0 Å². The highest BCUT2D eigenvalue weighted by molar-refractivity contribution is 7.98. The summed E-state index contributed by atoms with van der Waals surface area (Å²) in [5.41, 5.74) is 8.46. The lowest BCUT2D eigenvalue weighted by atomic mass is 10.0. The van der Waals surface area contributed by atoms with Crippen molar-refractivity contribution in [1.82, 2.24) is 36.9 Å². The van der Waals surface area contributed by atoms with Gasteiger partial charge in [0.2, 0.25) is 29.5 Å². The van der Waals surface area contributed by atoms with Crippen LogP contribution in [0, 0.1) is 0 Å². The van der Waals surface area contributed by atoms with E-state index >= 15 is 0 Å². The molecule has 4 atom stereocenters. The molecule has 10 N–H and O–H groups in total. The van der Waals surface area contributed by atoms with Crippen LogP contribution in [0.2, 0.25) is 0 Å². The average molecular weight is 743 g/mol. The fourth-order valence-corrected chi connectivity index (χ4v) is 6.34. The Balaban J connectivity index is 1.48. The van der Waals surface area contributed by atoms with E-state index in [4.69, 9.17) is 5.73 Å². The minimum Gasteiger partial charge on any atom is -0.508 e. The first-order valence-electron chi connectivity index (χ1n) is 16.9. The van der Waals surface area contributed by atoms with E-state index in [2.05, 4.69) is 36.9 Å². The number of para-hydroxylation sites is 2. The number of aromatic hydroxyl groups is 1. The van der Waals surface area contributed by atoms with Gasteiger partial charge in [0.25, 0.3) is 5.91 Å². The number of benzene rings is 3. The summed E-state index contributed by atoms with van der Waals surface area (Å²) in [4.78, 5) is 84.8. The van der Waals surface area contributed by atoms with Crippen LogP contribution in [0.25, 0.3) is 10.9 Å². The molecule has 16 heteroatoms. The normalized spacial score (nSPS) is 20.2. The first kappa shape index (κ1) is 38.2. The molecule has 2 heterocycles. The van der Waals surface area contributed by atoms with Crippen molar-refractivity contribution in [2.24, 2.45) is 0 Å². The molecule has 6 amide bonds. The molecule has 0 unspecified atom stereocenters. The maximum Gasteiger partial charge on any atom is 0.253 e. The van der Waals surface area contributed by atoms with E-state index in [9.17, 15) is 33.9 Å². The molecule has 3 aromatic carbocycles. The Labute approximate surface area is 309 Å². The number of phenols is 1. The Hall–Kier alpha value is -6.03. The van der Waals surface area contributed by atoms with Crippen molar-refractivity contribution in [2.45, 2.75) is 43.4 Å². The van der Waals surface area contributed by atoms with E-state index < -0.39 is 72.7 Å². The number of nitrogens with two attached hydrogens (primary N) is 1. The number of nitrogens with one attached hydrogen (secondary N) is 7. The lowest BCUT2D eigenvalue weighted by molar-refractivity contribution is -0.133. The number of nitrogen functional groups attached to an aromatic ring is 1. The monoisotopic (exact) mass is 742 g/mol. The molecule has 0 radical (unpaired) electrons. The van der Waals surface area contributed by atoms with Crippen molar-refractivity contribution < 1.29 is 33.9 Å². The first-order chi connectivity index (χ1) is 25.5. The molecule has 0 saturated carbocycles. The standard InChI is InChI=1S/C37H42N8O7S/c1-53-15-14-28-34(49)41-20-32(47)42-30(17-22-18-39-27-9-5-3-6-24(22)27)36(51)44-29(16-21-10-12-23(46)13-11-21)35(50)45-31(37(52)43-28)19-40-33(48)25-7-2-4-8-26(25)38/h2-13,18,28-31,39,46H,14-17,19-20,38H2,1H3,(H,40,48)(H,41,49)(H,42,47)(H,43,52)(H,44,51)(H,45,50)/t28-,29+,30+,31+/m1/s1. The highest BCUT2D eigenvalue weighted by Crippen LogP contribution is 2.20. The van der Waals surface area contributed by atoms with Gasteiger partial charge in [0.05, 0.1) is 12.1 Å². The van der Waals surface area contributed by atoms with Crippen molar-refractivity contribution >= 4 is 63.8 Å². The maximum absolute atomic E-state index is 14.1. The van der Waals surface area contributed by atoms with Crippen LogP contribution in [-0.4, -0.2) is 94.8 Å². The van der Waals surface area contributed by atoms with E-state index in [0.29, 0.717) is 11.3 Å². The summed E-state index contributed by atoms with van der Waals surface area (Å²) in [5, 5.41) is 26.6. The number of thioether (sulfide) groups is 1. The van der Waals surface area contributed by atoms with Crippen LogP contribution in [0.4, 0.5) is 5.69 Å². The second-order valence-corrected chi connectivity index (χ2v) is 13.5. The van der Waals surface area contributed by atoms with Gasteiger partial charge in [-0.05, 0) is 59.9 Å². The van der Waals surface area contributed by atoms with Crippen molar-refractivity contribution in [3.05, 3.63) is 95.7 Å². The topological polar surface area (TPSA) is 237 Å². The van der Waals surface area contributed by atoms with Gasteiger partial charge >= 0.3 is 0 Å². The molecule has 1 aromatic heterocycles. The third-order valence-electron chi connectivity index (χ3n) is 8.73. The largest absolute Gasteiger partial charge is 0.508 e. The molecule has 0 spiro atoms. The van der Waals surface area contributed by atoms with Gasteiger partial charge in [0, 0.05) is 42.2 Å². The Kier molecular flexibility index (Phi) is 12.9. The Bertz CT molecular complexity index is 1970. The van der Waals surface area contributed by atoms with E-state index in [1.54, 1.807) is 36.5 Å². The number of carbonyl (C=O) groups excluding carboxylic acids is 6. The number of hydrogen-bond donors (Lipinski definition) is 9. The summed E-state index contributed by atoms with van der Waals surface area (Å²) < 4.78 is 0. The number of anilines is 1. The van der Waals surface area contributed by atoms with Crippen LogP contribution in [-0.2, 0) is 36.8 Å². The smallest absolute Gasteiger partial charge is 0.253 e. The number of aromatic amines is 1. The fourth-order valence-electron chi connectivity index (χ4n) is 5.87. The van der Waals surface area contributed by atoms with Gasteiger partial charge in [0.1, 0.15) is 29.9 Å². The number of aromatic nitrogens is 1. The van der Waals surface area contributed by atoms with E-state index in [0.717, 1.165) is 16.5 Å². The molecule has 1 saturated heterocycles. The second kappa shape index (κ2) is 17.9. The highest BCUT2D eigenvalue weighted by atomic mass is 32.2. The molecule has 0 aliphatic carbocycles. The van der Waals surface area contributed by atoms with E-state index in [1.165, 1.54) is 30.0 Å². The highest BCUT2D eigenvalue weighted by Gasteiger charge is 2.33. The second-order valence-electron chi connectivity index (χ2n) is 12.5. The van der Waals surface area contributed by atoms with E-state index in [1.807, 2.05) is 30.5 Å². The van der Waals surface area contributed by atoms with Crippen molar-refractivity contribution in [3.8, 4) is 5.75 Å². The number of carbonyl (C=O) groups is 6. The molecule has 278 valence electrons. The van der Waals surface area contributed by atoms with Gasteiger partial charge < -0.3 is 47.7 Å². The first-order valence-corrected chi connectivity index (χ1v) is 18.3. The molecule has 53 heavy (non-hydrogen) atoms. The molecule has 5 rings (SSSR count). The van der Waals surface area contributed by atoms with Gasteiger partial charge in [-0.15, -0.1) is 0 Å². The number of fused-ring (bicyclic) bond motifs is 1. The number of hydrogen-bond acceptors (Lipinski definition) is 9. The maximum atomic E-state index is 14.1. The van der Waals surface area contributed by atoms with Crippen LogP contribution in [0.5, 0.6) is 5.75 Å². The predicted octanol–water partition coefficient (Wildman–Crippen LogP) is 0.493. The SMILES string of the molecule is CSCC[C@H]1NC(=O)[C@H](CNC(=O)c2ccccc2N)NC(=O)[C@H](Cc2ccc(O)cc2)NC(=O)[C@H](Cc2c[nH]c3ccccc23)NC(=O)CNC1=O. The number of H-pyrrole nitrogens is 1. The summed E-state index contributed by atoms with van der Waals surface area (Å²) in [7, 11) is 0. The predicted molar refractivity (Wildman–Crippen MR) is 201 cm³/mol. The Morgan fingerprint density at radius 2 is 1.43 bits per heavy atom. The van der Waals surface area contributed by atoms with E-state index in [-0.39, 0.29) is 36.3 Å². The summed E-state index contributed by atoms with van der Waals surface area (Å²) in [6, 6.07) is 14.8. The number of rotatable bonds is 10. The van der Waals surface area contributed by atoms with Crippen molar-refractivity contribution in [2.75, 3.05) is 30.8 Å². The van der Waals surface area contributed by atoms with Gasteiger partial charge in [-0.3, -0.25) is 28.8 Å². The molecule has 1 aliphatic rings. The fraction of sp³-hybridized carbons (Fsp3) is 0.297. The minimum absolute atomic E-state index is 0.00322. The number of amides is 6. The van der Waals surface area contributed by atoms with Crippen LogP contribution in [0.1, 0.15) is 27.9 Å². The van der Waals surface area contributed by atoms with Crippen molar-refractivity contribution in [1.29, 1.82) is 0 Å². The lowest BCUT2D eigenvalue weighted by Crippen LogP contribution is -2.60. The summed E-state index contributed by atoms with van der Waals surface area (Å²) in [6.07, 6.45) is 3.73. The third kappa shape index (κ3) is 10.3. The molecule has 15 nitrogen and oxygen atoms in total. The van der Waals surface area contributed by atoms with Crippen LogP contribution in [0.15, 0.2) is 79.0 Å². The van der Waals surface area contributed by atoms with Gasteiger partial charge in [-0.1, -0.05) is 42.5 Å². The quantitative estimate of drug-likeness (QED) is 0.103. The molecule has 4 aromatic rings.